The molecule has 1 aromatic carbocycles. The Bertz CT molecular complexity index is 690. The molecule has 1 aromatic heterocycles. The van der Waals surface area contributed by atoms with Crippen LogP contribution in [0, 0.1) is 15.5 Å². The van der Waals surface area contributed by atoms with Gasteiger partial charge in [0.25, 0.3) is 5.69 Å². The molecule has 2 aromatic rings. The van der Waals surface area contributed by atoms with Crippen molar-refractivity contribution in [1.29, 1.82) is 5.41 Å². The summed E-state index contributed by atoms with van der Waals surface area (Å²) >= 11 is 5.78. The third-order valence-electron chi connectivity index (χ3n) is 2.38. The number of hydrogen-bond acceptors (Lipinski definition) is 5. The van der Waals surface area contributed by atoms with E-state index in [0.717, 1.165) is 0 Å². The predicted octanol–water partition coefficient (Wildman–Crippen LogP) is 2.72. The van der Waals surface area contributed by atoms with Crippen LogP contribution >= 0.6 is 11.6 Å². The monoisotopic (exact) mass is 292 g/mol. The number of hydrogen-bond donors (Lipinski definition) is 2. The number of nitrogens with one attached hydrogen (secondary N) is 1. The van der Waals surface area contributed by atoms with E-state index in [-0.39, 0.29) is 22.4 Å². The minimum atomic E-state index is -0.583. The molecule has 0 saturated carbocycles. The topological polar surface area (TPSA) is 115 Å². The first-order valence-electron chi connectivity index (χ1n) is 5.39. The molecular weight excluding hydrogens is 284 g/mol. The van der Waals surface area contributed by atoms with Gasteiger partial charge >= 0.3 is 0 Å². The van der Waals surface area contributed by atoms with Crippen molar-refractivity contribution < 1.29 is 9.66 Å². The molecule has 0 radical (unpaired) electrons. The smallest absolute Gasteiger partial charge is 0.288 e. The van der Waals surface area contributed by atoms with Crippen LogP contribution in [0.5, 0.6) is 11.6 Å². The number of halogens is 1. The summed E-state index contributed by atoms with van der Waals surface area (Å²) < 4.78 is 5.41. The highest BCUT2D eigenvalue weighted by Gasteiger charge is 2.13. The van der Waals surface area contributed by atoms with Gasteiger partial charge in [0.1, 0.15) is 16.6 Å². The van der Waals surface area contributed by atoms with E-state index in [1.54, 1.807) is 6.07 Å². The summed E-state index contributed by atoms with van der Waals surface area (Å²) in [5.74, 6) is 0.399. The van der Waals surface area contributed by atoms with Crippen LogP contribution in [-0.4, -0.2) is 15.7 Å². The summed E-state index contributed by atoms with van der Waals surface area (Å²) in [6.45, 7) is 0. The Hall–Kier alpha value is -2.67. The van der Waals surface area contributed by atoms with Gasteiger partial charge in [0.15, 0.2) is 0 Å². The molecule has 20 heavy (non-hydrogen) atoms. The lowest BCUT2D eigenvalue weighted by atomic mass is 10.2. The van der Waals surface area contributed by atoms with Gasteiger partial charge in [0.2, 0.25) is 5.88 Å². The number of nitrogens with two attached hydrogens (primary N) is 1. The number of rotatable bonds is 4. The van der Waals surface area contributed by atoms with E-state index < -0.39 is 4.92 Å². The Kier molecular flexibility index (Phi) is 3.81. The van der Waals surface area contributed by atoms with E-state index in [2.05, 4.69) is 4.98 Å². The first-order valence-corrected chi connectivity index (χ1v) is 5.77. The van der Waals surface area contributed by atoms with E-state index in [1.165, 1.54) is 30.5 Å². The number of benzene rings is 1. The normalized spacial score (nSPS) is 10.1. The molecule has 7 nitrogen and oxygen atoms in total. The number of amidine groups is 1. The average molecular weight is 293 g/mol. The Morgan fingerprint density at radius 3 is 2.75 bits per heavy atom. The average Bonchev–Trinajstić information content (AvgIpc) is 2.38. The standard InChI is InChI=1S/C12H9ClN4O3/c13-9-6-8(1-2-10(9)17(18)19)20-11-5-7(12(14)15)3-4-16-11/h1-6H,(H3,14,15). The summed E-state index contributed by atoms with van der Waals surface area (Å²) in [6.07, 6.45) is 1.44. The second kappa shape index (κ2) is 5.54. The third-order valence-corrected chi connectivity index (χ3v) is 2.69. The highest BCUT2D eigenvalue weighted by atomic mass is 35.5. The lowest BCUT2D eigenvalue weighted by Gasteiger charge is -2.06. The fraction of sp³-hybridized carbons (Fsp3) is 0. The summed E-state index contributed by atoms with van der Waals surface area (Å²) in [7, 11) is 0. The van der Waals surface area contributed by atoms with Crippen LogP contribution in [0.1, 0.15) is 5.56 Å². The van der Waals surface area contributed by atoms with Crippen LogP contribution in [-0.2, 0) is 0 Å². The fourth-order valence-corrected chi connectivity index (χ4v) is 1.69. The second-order valence-electron chi connectivity index (χ2n) is 3.77. The zero-order valence-electron chi connectivity index (χ0n) is 10.0. The van der Waals surface area contributed by atoms with Crippen LogP contribution < -0.4 is 10.5 Å². The van der Waals surface area contributed by atoms with E-state index in [0.29, 0.717) is 11.3 Å². The minimum absolute atomic E-state index is 0.0322. The molecule has 0 saturated heterocycles. The number of ether oxygens (including phenoxy) is 1. The van der Waals surface area contributed by atoms with Crippen LogP contribution in [0.2, 0.25) is 5.02 Å². The van der Waals surface area contributed by atoms with Gasteiger partial charge in [-0.2, -0.15) is 0 Å². The summed E-state index contributed by atoms with van der Waals surface area (Å²) in [5.41, 5.74) is 5.61. The highest BCUT2D eigenvalue weighted by molar-refractivity contribution is 6.32. The minimum Gasteiger partial charge on any atom is -0.439 e. The predicted molar refractivity (Wildman–Crippen MR) is 73.4 cm³/mol. The van der Waals surface area contributed by atoms with Crippen molar-refractivity contribution in [2.75, 3.05) is 0 Å². The largest absolute Gasteiger partial charge is 0.439 e. The Labute approximate surface area is 118 Å². The summed E-state index contributed by atoms with van der Waals surface area (Å²) in [6, 6.07) is 7.02. The number of pyridine rings is 1. The molecule has 8 heteroatoms. The van der Waals surface area contributed by atoms with Gasteiger partial charge in [-0.05, 0) is 12.1 Å². The SMILES string of the molecule is N=C(N)c1ccnc(Oc2ccc([N+](=O)[O-])c(Cl)c2)c1. The van der Waals surface area contributed by atoms with Gasteiger partial charge in [-0.3, -0.25) is 15.5 Å². The van der Waals surface area contributed by atoms with Crippen LogP contribution in [0.4, 0.5) is 5.69 Å². The molecule has 0 aliphatic rings. The maximum Gasteiger partial charge on any atom is 0.288 e. The number of nitrogen functional groups attached to an aromatic ring is 1. The lowest BCUT2D eigenvalue weighted by Crippen LogP contribution is -2.11. The molecular formula is C12H9ClN4O3. The Balaban J connectivity index is 2.26. The first kappa shape index (κ1) is 13.8. The van der Waals surface area contributed by atoms with E-state index >= 15 is 0 Å². The Morgan fingerprint density at radius 1 is 1.40 bits per heavy atom. The van der Waals surface area contributed by atoms with Crippen molar-refractivity contribution in [2.24, 2.45) is 5.73 Å². The molecule has 0 amide bonds. The van der Waals surface area contributed by atoms with Gasteiger partial charge in [-0.25, -0.2) is 4.98 Å². The maximum absolute atomic E-state index is 10.6. The van der Waals surface area contributed by atoms with E-state index in [1.807, 2.05) is 0 Å². The molecule has 0 atom stereocenters. The summed E-state index contributed by atoms with van der Waals surface area (Å²) in [4.78, 5) is 14.0. The van der Waals surface area contributed by atoms with Crippen molar-refractivity contribution in [1.82, 2.24) is 4.98 Å². The number of nitro benzene ring substituents is 1. The van der Waals surface area contributed by atoms with Crippen LogP contribution in [0.15, 0.2) is 36.5 Å². The molecule has 0 spiro atoms. The number of aromatic nitrogens is 1. The van der Waals surface area contributed by atoms with Crippen molar-refractivity contribution in [3.05, 3.63) is 57.2 Å². The van der Waals surface area contributed by atoms with Crippen LogP contribution in [0.3, 0.4) is 0 Å². The van der Waals surface area contributed by atoms with Crippen molar-refractivity contribution >= 4 is 23.1 Å². The first-order chi connectivity index (χ1) is 9.47. The highest BCUT2D eigenvalue weighted by Crippen LogP contribution is 2.30. The van der Waals surface area contributed by atoms with E-state index in [4.69, 9.17) is 27.5 Å². The zero-order chi connectivity index (χ0) is 14.7. The van der Waals surface area contributed by atoms with Crippen molar-refractivity contribution in [3.8, 4) is 11.6 Å². The molecule has 1 heterocycles. The van der Waals surface area contributed by atoms with Crippen molar-refractivity contribution in [2.45, 2.75) is 0 Å². The molecule has 0 aliphatic carbocycles. The molecule has 0 aliphatic heterocycles. The zero-order valence-corrected chi connectivity index (χ0v) is 10.8. The quantitative estimate of drug-likeness (QED) is 0.389. The van der Waals surface area contributed by atoms with Crippen LogP contribution in [0.25, 0.3) is 0 Å². The molecule has 0 bridgehead atoms. The Morgan fingerprint density at radius 2 is 2.15 bits per heavy atom. The second-order valence-corrected chi connectivity index (χ2v) is 4.18. The molecule has 2 rings (SSSR count). The third kappa shape index (κ3) is 3.01. The van der Waals surface area contributed by atoms with Gasteiger partial charge in [0, 0.05) is 30.0 Å². The summed E-state index contributed by atoms with van der Waals surface area (Å²) in [5, 5.41) is 17.9. The maximum atomic E-state index is 10.6. The molecule has 0 unspecified atom stereocenters. The molecule has 102 valence electrons. The number of nitro groups is 1. The lowest BCUT2D eigenvalue weighted by molar-refractivity contribution is -0.384. The number of nitrogens with zero attached hydrogens (tertiary/aromatic N) is 2. The van der Waals surface area contributed by atoms with Gasteiger partial charge in [-0.15, -0.1) is 0 Å². The van der Waals surface area contributed by atoms with Gasteiger partial charge in [0.05, 0.1) is 4.92 Å². The van der Waals surface area contributed by atoms with Crippen molar-refractivity contribution in [3.63, 3.8) is 0 Å². The van der Waals surface area contributed by atoms with Gasteiger partial charge < -0.3 is 10.5 Å². The molecule has 0 fully saturated rings. The van der Waals surface area contributed by atoms with E-state index in [9.17, 15) is 10.1 Å². The molecule has 3 N–H and O–H groups in total. The fourth-order valence-electron chi connectivity index (χ4n) is 1.45. The van der Waals surface area contributed by atoms with Gasteiger partial charge in [-0.1, -0.05) is 11.6 Å².